The van der Waals surface area contributed by atoms with Crippen LogP contribution < -0.4 is 10.6 Å². The third-order valence-electron chi connectivity index (χ3n) is 4.60. The van der Waals surface area contributed by atoms with Crippen molar-refractivity contribution in [3.8, 4) is 0 Å². The first kappa shape index (κ1) is 18.1. The number of piperidine rings is 1. The molecule has 1 saturated heterocycles. The zero-order chi connectivity index (χ0) is 18.4. The lowest BCUT2D eigenvalue weighted by Gasteiger charge is -2.33. The number of hydrogen-bond acceptors (Lipinski definition) is 3. The molecule has 136 valence electrons. The molecular formula is C21H24N2O3. The summed E-state index contributed by atoms with van der Waals surface area (Å²) in [7, 11) is 0. The zero-order valence-electron chi connectivity index (χ0n) is 14.9. The lowest BCUT2D eigenvalue weighted by Crippen LogP contribution is -2.52. The van der Waals surface area contributed by atoms with Gasteiger partial charge in [0.15, 0.2) is 0 Å². The Kier molecular flexibility index (Phi) is 6.02. The van der Waals surface area contributed by atoms with Crippen LogP contribution in [0.4, 0.5) is 0 Å². The van der Waals surface area contributed by atoms with E-state index in [1.54, 1.807) is 6.92 Å². The molecule has 1 aliphatic rings. The fourth-order valence-electron chi connectivity index (χ4n) is 3.10. The van der Waals surface area contributed by atoms with Crippen LogP contribution in [0.15, 0.2) is 60.7 Å². The molecule has 3 atom stereocenters. The van der Waals surface area contributed by atoms with Crippen molar-refractivity contribution < 1.29 is 14.3 Å². The molecule has 1 aliphatic heterocycles. The van der Waals surface area contributed by atoms with Gasteiger partial charge in [-0.05, 0) is 24.5 Å². The molecule has 0 aliphatic carbocycles. The van der Waals surface area contributed by atoms with Gasteiger partial charge in [-0.3, -0.25) is 9.59 Å². The maximum Gasteiger partial charge on any atom is 0.249 e. The number of nitrogens with one attached hydrogen (secondary N) is 2. The van der Waals surface area contributed by atoms with E-state index in [4.69, 9.17) is 4.74 Å². The molecule has 2 N–H and O–H groups in total. The molecule has 0 bridgehead atoms. The summed E-state index contributed by atoms with van der Waals surface area (Å²) in [4.78, 5) is 24.4. The molecule has 26 heavy (non-hydrogen) atoms. The summed E-state index contributed by atoms with van der Waals surface area (Å²) in [5.41, 5.74) is 2.02. The maximum absolute atomic E-state index is 12.5. The molecule has 3 unspecified atom stereocenters. The van der Waals surface area contributed by atoms with Gasteiger partial charge in [-0.15, -0.1) is 0 Å². The van der Waals surface area contributed by atoms with Crippen LogP contribution >= 0.6 is 0 Å². The molecule has 3 rings (SSSR count). The predicted molar refractivity (Wildman–Crippen MR) is 99.2 cm³/mol. The minimum atomic E-state index is -0.566. The van der Waals surface area contributed by atoms with E-state index in [2.05, 4.69) is 10.6 Å². The number of hydrogen-bond donors (Lipinski definition) is 2. The van der Waals surface area contributed by atoms with Gasteiger partial charge in [0, 0.05) is 6.42 Å². The first-order valence-electron chi connectivity index (χ1n) is 8.93. The summed E-state index contributed by atoms with van der Waals surface area (Å²) in [6.45, 7) is 2.14. The monoisotopic (exact) mass is 352 g/mol. The number of carbonyl (C=O) groups excluding carboxylic acids is 2. The van der Waals surface area contributed by atoms with Gasteiger partial charge in [-0.2, -0.15) is 0 Å². The molecule has 5 nitrogen and oxygen atoms in total. The van der Waals surface area contributed by atoms with Crippen LogP contribution in [0.5, 0.6) is 0 Å². The van der Waals surface area contributed by atoms with E-state index in [0.29, 0.717) is 19.4 Å². The molecule has 2 aromatic carbocycles. The minimum absolute atomic E-state index is 0.0118. The Morgan fingerprint density at radius 1 is 1.15 bits per heavy atom. The van der Waals surface area contributed by atoms with Crippen LogP contribution in [-0.2, 0) is 20.9 Å². The summed E-state index contributed by atoms with van der Waals surface area (Å²) in [6, 6.07) is 19.1. The summed E-state index contributed by atoms with van der Waals surface area (Å²) in [5, 5.41) is 6.04. The minimum Gasteiger partial charge on any atom is -0.364 e. The van der Waals surface area contributed by atoms with Crippen LogP contribution in [0.3, 0.4) is 0 Å². The summed E-state index contributed by atoms with van der Waals surface area (Å²) in [6.07, 6.45) is 0.458. The Morgan fingerprint density at radius 3 is 2.50 bits per heavy atom. The number of carbonyl (C=O) groups is 2. The highest BCUT2D eigenvalue weighted by Gasteiger charge is 2.31. The van der Waals surface area contributed by atoms with Crippen LogP contribution in [0.1, 0.15) is 36.9 Å². The van der Waals surface area contributed by atoms with Gasteiger partial charge < -0.3 is 15.4 Å². The highest BCUT2D eigenvalue weighted by atomic mass is 16.5. The molecule has 2 amide bonds. The molecule has 1 heterocycles. The quantitative estimate of drug-likeness (QED) is 0.840. The van der Waals surface area contributed by atoms with E-state index in [0.717, 1.165) is 11.1 Å². The number of amides is 2. The summed E-state index contributed by atoms with van der Waals surface area (Å²) < 4.78 is 5.69. The third kappa shape index (κ3) is 4.70. The van der Waals surface area contributed by atoms with E-state index in [9.17, 15) is 9.59 Å². The topological polar surface area (TPSA) is 67.4 Å². The van der Waals surface area contributed by atoms with Crippen molar-refractivity contribution in [3.05, 3.63) is 71.8 Å². The molecule has 1 fully saturated rings. The van der Waals surface area contributed by atoms with Gasteiger partial charge in [0.25, 0.3) is 0 Å². The average Bonchev–Trinajstić information content (AvgIpc) is 2.69. The first-order chi connectivity index (χ1) is 12.6. The Bertz CT molecular complexity index is 733. The van der Waals surface area contributed by atoms with E-state index >= 15 is 0 Å². The molecule has 0 saturated carbocycles. The van der Waals surface area contributed by atoms with Crippen LogP contribution in [0.25, 0.3) is 0 Å². The fraction of sp³-hybridized carbons (Fsp3) is 0.333. The normalized spacial score (nSPS) is 20.9. The van der Waals surface area contributed by atoms with Gasteiger partial charge in [0.05, 0.1) is 18.7 Å². The molecule has 2 aromatic rings. The number of rotatable bonds is 6. The van der Waals surface area contributed by atoms with Crippen molar-refractivity contribution in [1.29, 1.82) is 0 Å². The SMILES string of the molecule is CC(OCc1ccccc1)C(=O)NC1CCC(=O)NC1c1ccccc1. The molecular weight excluding hydrogens is 328 g/mol. The molecule has 0 spiro atoms. The Morgan fingerprint density at radius 2 is 1.81 bits per heavy atom. The molecule has 5 heteroatoms. The van der Waals surface area contributed by atoms with Gasteiger partial charge in [-0.25, -0.2) is 0 Å². The van der Waals surface area contributed by atoms with Crippen molar-refractivity contribution in [2.24, 2.45) is 0 Å². The molecule has 0 radical (unpaired) electrons. The van der Waals surface area contributed by atoms with Crippen LogP contribution in [0.2, 0.25) is 0 Å². The fourth-order valence-corrected chi connectivity index (χ4v) is 3.10. The largest absolute Gasteiger partial charge is 0.364 e. The zero-order valence-corrected chi connectivity index (χ0v) is 14.9. The Labute approximate surface area is 153 Å². The predicted octanol–water partition coefficient (Wildman–Crippen LogP) is 2.73. The van der Waals surface area contributed by atoms with Crippen molar-refractivity contribution in [3.63, 3.8) is 0 Å². The Balaban J connectivity index is 1.60. The van der Waals surface area contributed by atoms with Crippen molar-refractivity contribution in [1.82, 2.24) is 10.6 Å². The first-order valence-corrected chi connectivity index (χ1v) is 8.93. The Hall–Kier alpha value is -2.66. The second-order valence-electron chi connectivity index (χ2n) is 6.55. The van der Waals surface area contributed by atoms with Gasteiger partial charge in [-0.1, -0.05) is 60.7 Å². The highest BCUT2D eigenvalue weighted by Crippen LogP contribution is 2.24. The van der Waals surface area contributed by atoms with Crippen molar-refractivity contribution in [2.45, 2.75) is 44.6 Å². The summed E-state index contributed by atoms with van der Waals surface area (Å²) in [5.74, 6) is -0.152. The highest BCUT2D eigenvalue weighted by molar-refractivity contribution is 5.82. The van der Waals surface area contributed by atoms with Gasteiger partial charge in [0.1, 0.15) is 6.10 Å². The average molecular weight is 352 g/mol. The third-order valence-corrected chi connectivity index (χ3v) is 4.60. The lowest BCUT2D eigenvalue weighted by molar-refractivity contribution is -0.135. The second-order valence-corrected chi connectivity index (χ2v) is 6.55. The maximum atomic E-state index is 12.5. The van der Waals surface area contributed by atoms with E-state index in [-0.39, 0.29) is 23.9 Å². The number of benzene rings is 2. The van der Waals surface area contributed by atoms with E-state index in [1.165, 1.54) is 0 Å². The van der Waals surface area contributed by atoms with Gasteiger partial charge >= 0.3 is 0 Å². The van der Waals surface area contributed by atoms with Crippen LogP contribution in [0, 0.1) is 0 Å². The number of ether oxygens (including phenoxy) is 1. The van der Waals surface area contributed by atoms with E-state index in [1.807, 2.05) is 60.7 Å². The van der Waals surface area contributed by atoms with Crippen molar-refractivity contribution >= 4 is 11.8 Å². The van der Waals surface area contributed by atoms with E-state index < -0.39 is 6.10 Å². The molecule has 0 aromatic heterocycles. The summed E-state index contributed by atoms with van der Waals surface area (Å²) >= 11 is 0. The smallest absolute Gasteiger partial charge is 0.249 e. The lowest BCUT2D eigenvalue weighted by atomic mass is 9.92. The van der Waals surface area contributed by atoms with Crippen LogP contribution in [-0.4, -0.2) is 24.0 Å². The second kappa shape index (κ2) is 8.63. The van der Waals surface area contributed by atoms with Gasteiger partial charge in [0.2, 0.25) is 11.8 Å². The van der Waals surface area contributed by atoms with Crippen molar-refractivity contribution in [2.75, 3.05) is 0 Å². The standard InChI is InChI=1S/C21H24N2O3/c1-15(26-14-16-8-4-2-5-9-16)21(25)22-18-12-13-19(24)23-20(18)17-10-6-3-7-11-17/h2-11,15,18,20H,12-14H2,1H3,(H,22,25)(H,23,24).